The van der Waals surface area contributed by atoms with Crippen LogP contribution in [-0.4, -0.2) is 36.1 Å². The highest BCUT2D eigenvalue weighted by Gasteiger charge is 2.23. The van der Waals surface area contributed by atoms with Gasteiger partial charge in [-0.3, -0.25) is 4.79 Å². The summed E-state index contributed by atoms with van der Waals surface area (Å²) in [6, 6.07) is -0.756. The van der Waals surface area contributed by atoms with Gasteiger partial charge in [0.1, 0.15) is 6.04 Å². The maximum atomic E-state index is 11.8. The van der Waals surface area contributed by atoms with E-state index in [1.807, 2.05) is 13.8 Å². The zero-order valence-corrected chi connectivity index (χ0v) is 11.2. The second kappa shape index (κ2) is 7.36. The molecule has 0 bridgehead atoms. The van der Waals surface area contributed by atoms with Crippen LogP contribution in [0.2, 0.25) is 0 Å². The third-order valence-electron chi connectivity index (χ3n) is 3.21. The van der Waals surface area contributed by atoms with Crippen molar-refractivity contribution < 1.29 is 14.7 Å². The van der Waals surface area contributed by atoms with Crippen molar-refractivity contribution in [1.29, 1.82) is 0 Å². The molecule has 0 aromatic rings. The van der Waals surface area contributed by atoms with Gasteiger partial charge < -0.3 is 15.7 Å². The van der Waals surface area contributed by atoms with Crippen LogP contribution >= 0.6 is 0 Å². The Morgan fingerprint density at radius 3 is 2.67 bits per heavy atom. The standard InChI is InChI=1S/C13H24N2O3/c1-9(2)6-11(13(17)18)15-12(16)7-10-4-3-5-14-8-10/h9-11,14H,3-8H2,1-2H3,(H,15,16)(H,17,18)/t10?,11-/m1/s1. The van der Waals surface area contributed by atoms with Crippen LogP contribution < -0.4 is 10.6 Å². The molecule has 1 rings (SSSR count). The summed E-state index contributed by atoms with van der Waals surface area (Å²) in [6.07, 6.45) is 3.04. The van der Waals surface area contributed by atoms with E-state index in [0.29, 0.717) is 18.8 Å². The number of amides is 1. The van der Waals surface area contributed by atoms with E-state index in [-0.39, 0.29) is 11.8 Å². The number of carboxylic acids is 1. The summed E-state index contributed by atoms with van der Waals surface area (Å²) in [4.78, 5) is 22.8. The first-order valence-electron chi connectivity index (χ1n) is 6.72. The summed E-state index contributed by atoms with van der Waals surface area (Å²) in [7, 11) is 0. The molecular formula is C13H24N2O3. The Morgan fingerprint density at radius 2 is 2.17 bits per heavy atom. The Balaban J connectivity index is 2.37. The van der Waals surface area contributed by atoms with Crippen LogP contribution in [0.5, 0.6) is 0 Å². The van der Waals surface area contributed by atoms with Gasteiger partial charge in [0.15, 0.2) is 0 Å². The van der Waals surface area contributed by atoms with Crippen molar-refractivity contribution in [3.8, 4) is 0 Å². The van der Waals surface area contributed by atoms with Gasteiger partial charge in [0, 0.05) is 6.42 Å². The van der Waals surface area contributed by atoms with Crippen molar-refractivity contribution in [3.05, 3.63) is 0 Å². The molecule has 18 heavy (non-hydrogen) atoms. The first-order valence-corrected chi connectivity index (χ1v) is 6.72. The topological polar surface area (TPSA) is 78.4 Å². The van der Waals surface area contributed by atoms with Crippen molar-refractivity contribution in [2.24, 2.45) is 11.8 Å². The normalized spacial score (nSPS) is 21.6. The van der Waals surface area contributed by atoms with Crippen LogP contribution in [0.15, 0.2) is 0 Å². The lowest BCUT2D eigenvalue weighted by Crippen LogP contribution is -2.43. The number of rotatable bonds is 6. The zero-order chi connectivity index (χ0) is 13.5. The van der Waals surface area contributed by atoms with Crippen molar-refractivity contribution in [3.63, 3.8) is 0 Å². The summed E-state index contributed by atoms with van der Waals surface area (Å²) in [5, 5.41) is 14.9. The van der Waals surface area contributed by atoms with Gasteiger partial charge in [0.05, 0.1) is 0 Å². The van der Waals surface area contributed by atoms with Crippen LogP contribution in [0, 0.1) is 11.8 Å². The second-order valence-corrected chi connectivity index (χ2v) is 5.50. The summed E-state index contributed by atoms with van der Waals surface area (Å²) in [6.45, 7) is 5.78. The molecule has 0 saturated carbocycles. The van der Waals surface area contributed by atoms with E-state index in [1.165, 1.54) is 0 Å². The minimum Gasteiger partial charge on any atom is -0.480 e. The van der Waals surface area contributed by atoms with E-state index in [4.69, 9.17) is 5.11 Å². The average Bonchev–Trinajstić information content (AvgIpc) is 2.28. The van der Waals surface area contributed by atoms with Crippen molar-refractivity contribution in [2.45, 2.75) is 45.6 Å². The molecule has 104 valence electrons. The van der Waals surface area contributed by atoms with E-state index < -0.39 is 12.0 Å². The predicted molar refractivity (Wildman–Crippen MR) is 69.2 cm³/mol. The van der Waals surface area contributed by atoms with Gasteiger partial charge in [-0.1, -0.05) is 13.8 Å². The number of piperidine rings is 1. The van der Waals surface area contributed by atoms with E-state index in [1.54, 1.807) is 0 Å². The monoisotopic (exact) mass is 256 g/mol. The highest BCUT2D eigenvalue weighted by Crippen LogP contribution is 2.14. The van der Waals surface area contributed by atoms with Crippen LogP contribution in [0.1, 0.15) is 39.5 Å². The molecule has 5 heteroatoms. The molecular weight excluding hydrogens is 232 g/mol. The van der Waals surface area contributed by atoms with Gasteiger partial charge in [0.25, 0.3) is 0 Å². The molecule has 5 nitrogen and oxygen atoms in total. The molecule has 0 radical (unpaired) electrons. The molecule has 1 unspecified atom stereocenters. The zero-order valence-electron chi connectivity index (χ0n) is 11.2. The highest BCUT2D eigenvalue weighted by atomic mass is 16.4. The molecule has 2 atom stereocenters. The van der Waals surface area contributed by atoms with Crippen LogP contribution in [0.25, 0.3) is 0 Å². The Bertz CT molecular complexity index is 286. The van der Waals surface area contributed by atoms with Gasteiger partial charge in [-0.2, -0.15) is 0 Å². The Morgan fingerprint density at radius 1 is 1.44 bits per heavy atom. The predicted octanol–water partition coefficient (Wildman–Crippen LogP) is 0.992. The lowest BCUT2D eigenvalue weighted by Gasteiger charge is -2.23. The van der Waals surface area contributed by atoms with Crippen LogP contribution in [-0.2, 0) is 9.59 Å². The lowest BCUT2D eigenvalue weighted by molar-refractivity contribution is -0.142. The maximum absolute atomic E-state index is 11.8. The van der Waals surface area contributed by atoms with Gasteiger partial charge in [-0.05, 0) is 44.2 Å². The molecule has 1 fully saturated rings. The number of hydrogen-bond donors (Lipinski definition) is 3. The number of carboxylic acid groups (broad SMARTS) is 1. The fraction of sp³-hybridized carbons (Fsp3) is 0.846. The lowest BCUT2D eigenvalue weighted by atomic mass is 9.95. The summed E-state index contributed by atoms with van der Waals surface area (Å²) < 4.78 is 0. The minimum atomic E-state index is -0.946. The summed E-state index contributed by atoms with van der Waals surface area (Å²) in [5.41, 5.74) is 0. The molecule has 0 aromatic heterocycles. The fourth-order valence-electron chi connectivity index (χ4n) is 2.31. The molecule has 3 N–H and O–H groups in total. The van der Waals surface area contributed by atoms with Gasteiger partial charge in [0.2, 0.25) is 5.91 Å². The third kappa shape index (κ3) is 5.49. The molecule has 0 aromatic carbocycles. The smallest absolute Gasteiger partial charge is 0.326 e. The van der Waals surface area contributed by atoms with Crippen molar-refractivity contribution >= 4 is 11.9 Å². The first kappa shape index (κ1) is 15.0. The Labute approximate surface area is 108 Å². The Kier molecular flexibility index (Phi) is 6.12. The van der Waals surface area contributed by atoms with E-state index in [2.05, 4.69) is 10.6 Å². The molecule has 0 aliphatic carbocycles. The number of carbonyl (C=O) groups excluding carboxylic acids is 1. The maximum Gasteiger partial charge on any atom is 0.326 e. The summed E-state index contributed by atoms with van der Waals surface area (Å²) in [5.74, 6) is -0.495. The molecule has 1 saturated heterocycles. The summed E-state index contributed by atoms with van der Waals surface area (Å²) >= 11 is 0. The highest BCUT2D eigenvalue weighted by molar-refractivity contribution is 5.83. The number of carbonyl (C=O) groups is 2. The molecule has 1 aliphatic heterocycles. The number of hydrogen-bond acceptors (Lipinski definition) is 3. The van der Waals surface area contributed by atoms with E-state index >= 15 is 0 Å². The van der Waals surface area contributed by atoms with E-state index in [0.717, 1.165) is 25.9 Å². The fourth-order valence-corrected chi connectivity index (χ4v) is 2.31. The SMILES string of the molecule is CC(C)C[C@@H](NC(=O)CC1CCCNC1)C(=O)O. The largest absolute Gasteiger partial charge is 0.480 e. The van der Waals surface area contributed by atoms with Crippen LogP contribution in [0.4, 0.5) is 0 Å². The Hall–Kier alpha value is -1.10. The van der Waals surface area contributed by atoms with Gasteiger partial charge in [-0.15, -0.1) is 0 Å². The second-order valence-electron chi connectivity index (χ2n) is 5.50. The number of nitrogens with one attached hydrogen (secondary N) is 2. The van der Waals surface area contributed by atoms with E-state index in [9.17, 15) is 9.59 Å². The van der Waals surface area contributed by atoms with Crippen molar-refractivity contribution in [1.82, 2.24) is 10.6 Å². The van der Waals surface area contributed by atoms with Gasteiger partial charge in [-0.25, -0.2) is 4.79 Å². The van der Waals surface area contributed by atoms with Gasteiger partial charge >= 0.3 is 5.97 Å². The quantitative estimate of drug-likeness (QED) is 0.662. The average molecular weight is 256 g/mol. The molecule has 1 amide bonds. The number of aliphatic carboxylic acids is 1. The molecule has 0 spiro atoms. The molecule has 1 aliphatic rings. The van der Waals surface area contributed by atoms with Crippen LogP contribution in [0.3, 0.4) is 0 Å². The first-order chi connectivity index (χ1) is 8.49. The third-order valence-corrected chi connectivity index (χ3v) is 3.21. The minimum absolute atomic E-state index is 0.142. The van der Waals surface area contributed by atoms with Crippen molar-refractivity contribution in [2.75, 3.05) is 13.1 Å². The molecule has 1 heterocycles.